The Hall–Kier alpha value is -1.22. The van der Waals surface area contributed by atoms with Gasteiger partial charge < -0.3 is 15.2 Å². The third-order valence-corrected chi connectivity index (χ3v) is 2.20. The second-order valence-corrected chi connectivity index (χ2v) is 3.13. The first-order valence-corrected chi connectivity index (χ1v) is 4.05. The summed E-state index contributed by atoms with van der Waals surface area (Å²) in [5, 5.41) is 0. The summed E-state index contributed by atoms with van der Waals surface area (Å²) < 4.78 is 40.3. The molecule has 3 rings (SSSR count). The number of fused-ring (bicyclic) bond motifs is 2. The standard InChI is InChI=1S/C10H11NO2/c11-8-1-6-3-9-10(13-5-12-9)4-7(6)2-8/h3-4,8H,1-2,5,11H2/i1D,2D,5D2. The lowest BCUT2D eigenvalue weighted by molar-refractivity contribution is 0.174. The van der Waals surface area contributed by atoms with E-state index in [1.807, 2.05) is 0 Å². The first-order chi connectivity index (χ1) is 7.89. The molecule has 1 heterocycles. The van der Waals surface area contributed by atoms with Crippen molar-refractivity contribution in [2.24, 2.45) is 5.73 Å². The summed E-state index contributed by atoms with van der Waals surface area (Å²) in [7, 11) is 0. The molecule has 0 saturated heterocycles. The van der Waals surface area contributed by atoms with Crippen LogP contribution in [-0.4, -0.2) is 12.8 Å². The van der Waals surface area contributed by atoms with Crippen molar-refractivity contribution in [3.63, 3.8) is 0 Å². The lowest BCUT2D eigenvalue weighted by atomic mass is 10.1. The minimum atomic E-state index is -2.17. The predicted octanol–water partition coefficient (Wildman–Crippen LogP) is 0.841. The summed E-state index contributed by atoms with van der Waals surface area (Å²) in [6.45, 7) is -2.17. The van der Waals surface area contributed by atoms with Crippen LogP contribution in [-0.2, 0) is 12.8 Å². The Kier molecular flexibility index (Phi) is 0.795. The molecule has 3 nitrogen and oxygen atoms in total. The second kappa shape index (κ2) is 2.39. The molecule has 13 heavy (non-hydrogen) atoms. The zero-order valence-corrected chi connectivity index (χ0v) is 6.78. The third-order valence-electron chi connectivity index (χ3n) is 2.20. The minimum Gasteiger partial charge on any atom is -0.454 e. The fourth-order valence-corrected chi connectivity index (χ4v) is 1.61. The van der Waals surface area contributed by atoms with Gasteiger partial charge in [-0.05, 0) is 36.1 Å². The Morgan fingerprint density at radius 3 is 2.31 bits per heavy atom. The van der Waals surface area contributed by atoms with Crippen LogP contribution in [0.4, 0.5) is 0 Å². The molecule has 0 fully saturated rings. The molecule has 1 aliphatic heterocycles. The molecule has 0 radical (unpaired) electrons. The molecule has 0 saturated carbocycles. The van der Waals surface area contributed by atoms with Crippen molar-refractivity contribution in [2.45, 2.75) is 18.8 Å². The first kappa shape index (κ1) is 4.33. The van der Waals surface area contributed by atoms with E-state index >= 15 is 0 Å². The maximum absolute atomic E-state index is 7.88. The number of hydrogen-bond donors (Lipinski definition) is 1. The van der Waals surface area contributed by atoms with Crippen LogP contribution in [0.3, 0.4) is 0 Å². The molecule has 2 aliphatic rings. The van der Waals surface area contributed by atoms with Gasteiger partial charge in [0.2, 0.25) is 6.75 Å². The van der Waals surface area contributed by atoms with E-state index in [1.54, 1.807) is 12.1 Å². The number of benzene rings is 1. The number of nitrogens with two attached hydrogens (primary N) is 1. The summed E-state index contributed by atoms with van der Waals surface area (Å²) in [6.07, 6.45) is -1.35. The van der Waals surface area contributed by atoms with Gasteiger partial charge in [-0.1, -0.05) is 0 Å². The zero-order valence-electron chi connectivity index (χ0n) is 10.8. The van der Waals surface area contributed by atoms with Crippen LogP contribution < -0.4 is 15.2 Å². The zero-order chi connectivity index (χ0) is 12.4. The Morgan fingerprint density at radius 2 is 1.77 bits per heavy atom. The smallest absolute Gasteiger partial charge is 0.231 e. The largest absolute Gasteiger partial charge is 0.454 e. The van der Waals surface area contributed by atoms with Gasteiger partial charge in [0.05, 0.1) is 0 Å². The van der Waals surface area contributed by atoms with Crippen LogP contribution in [0, 0.1) is 0 Å². The van der Waals surface area contributed by atoms with E-state index in [1.165, 1.54) is 0 Å². The quantitative estimate of drug-likeness (QED) is 0.645. The Morgan fingerprint density at radius 1 is 1.23 bits per heavy atom. The summed E-state index contributed by atoms with van der Waals surface area (Å²) in [5.74, 6) is 0.541. The average molecular weight is 181 g/mol. The maximum atomic E-state index is 7.88. The van der Waals surface area contributed by atoms with Gasteiger partial charge in [-0.3, -0.25) is 0 Å². The van der Waals surface area contributed by atoms with Crippen LogP contribution in [0.25, 0.3) is 0 Å². The van der Waals surface area contributed by atoms with Crippen LogP contribution in [0.5, 0.6) is 11.5 Å². The van der Waals surface area contributed by atoms with Crippen molar-refractivity contribution in [1.82, 2.24) is 0 Å². The van der Waals surface area contributed by atoms with Crippen molar-refractivity contribution in [2.75, 3.05) is 6.75 Å². The highest BCUT2D eigenvalue weighted by Crippen LogP contribution is 2.37. The van der Waals surface area contributed by atoms with Gasteiger partial charge in [0, 0.05) is 8.78 Å². The van der Waals surface area contributed by atoms with Gasteiger partial charge in [-0.15, -0.1) is 0 Å². The monoisotopic (exact) mass is 181 g/mol. The van der Waals surface area contributed by atoms with Crippen LogP contribution in [0.2, 0.25) is 0 Å². The Balaban J connectivity index is 2.10. The molecule has 1 aliphatic carbocycles. The van der Waals surface area contributed by atoms with E-state index in [4.69, 9.17) is 20.7 Å². The molecular formula is C10H11NO2. The first-order valence-electron chi connectivity index (χ1n) is 6.20. The van der Waals surface area contributed by atoms with E-state index < -0.39 is 25.6 Å². The molecule has 0 amide bonds. The van der Waals surface area contributed by atoms with Crippen molar-refractivity contribution in [3.05, 3.63) is 23.3 Å². The van der Waals surface area contributed by atoms with Crippen LogP contribution in [0.1, 0.15) is 16.6 Å². The molecule has 0 spiro atoms. The Bertz CT molecular complexity index is 452. The van der Waals surface area contributed by atoms with Gasteiger partial charge in [0.15, 0.2) is 11.5 Å². The summed E-state index contributed by atoms with van der Waals surface area (Å²) in [4.78, 5) is 0. The summed E-state index contributed by atoms with van der Waals surface area (Å²) >= 11 is 0. The van der Waals surface area contributed by atoms with Crippen LogP contribution in [0.15, 0.2) is 12.1 Å². The maximum Gasteiger partial charge on any atom is 0.231 e. The fourth-order valence-electron chi connectivity index (χ4n) is 1.61. The van der Waals surface area contributed by atoms with Crippen molar-refractivity contribution in [1.29, 1.82) is 0 Å². The van der Waals surface area contributed by atoms with Gasteiger partial charge >= 0.3 is 0 Å². The van der Waals surface area contributed by atoms with Crippen molar-refractivity contribution < 1.29 is 15.0 Å². The van der Waals surface area contributed by atoms with E-state index in [9.17, 15) is 0 Å². The highest BCUT2D eigenvalue weighted by atomic mass is 16.7. The molecule has 3 heteroatoms. The molecule has 0 aromatic heterocycles. The van der Waals surface area contributed by atoms with Gasteiger partial charge in [0.25, 0.3) is 0 Å². The van der Waals surface area contributed by atoms with Gasteiger partial charge in [-0.2, -0.15) is 0 Å². The molecular weight excluding hydrogens is 166 g/mol. The summed E-state index contributed by atoms with van der Waals surface area (Å²) in [5.41, 5.74) is 7.00. The van der Waals surface area contributed by atoms with Gasteiger partial charge in [0.1, 0.15) is 2.74 Å². The molecule has 2 unspecified atom stereocenters. The number of hydrogen-bond acceptors (Lipinski definition) is 3. The lowest BCUT2D eigenvalue weighted by Gasteiger charge is -2.00. The molecule has 2 N–H and O–H groups in total. The minimum absolute atomic E-state index is 0.271. The normalized spacial score (nSPS) is 43.0. The third kappa shape index (κ3) is 1.00. The molecule has 1 aromatic carbocycles. The van der Waals surface area contributed by atoms with Crippen molar-refractivity contribution >= 4 is 0 Å². The van der Waals surface area contributed by atoms with E-state index in [2.05, 4.69) is 0 Å². The van der Waals surface area contributed by atoms with E-state index in [0.29, 0.717) is 11.1 Å². The van der Waals surface area contributed by atoms with E-state index in [0.717, 1.165) is 0 Å². The number of ether oxygens (including phenoxy) is 2. The predicted molar refractivity (Wildman–Crippen MR) is 47.9 cm³/mol. The van der Waals surface area contributed by atoms with Gasteiger partial charge in [-0.25, -0.2) is 0 Å². The van der Waals surface area contributed by atoms with E-state index in [-0.39, 0.29) is 11.5 Å². The lowest BCUT2D eigenvalue weighted by Crippen LogP contribution is -2.19. The highest BCUT2D eigenvalue weighted by molar-refractivity contribution is 5.50. The number of rotatable bonds is 0. The molecule has 1 aromatic rings. The molecule has 68 valence electrons. The van der Waals surface area contributed by atoms with Crippen LogP contribution >= 0.6 is 0 Å². The molecule has 2 atom stereocenters. The summed E-state index contributed by atoms with van der Waals surface area (Å²) in [6, 6.07) is 2.55. The topological polar surface area (TPSA) is 44.5 Å². The SMILES string of the molecule is [2H]C1c2cc3c(cc2C([2H])C1N)OC([2H])([2H])O3. The second-order valence-electron chi connectivity index (χ2n) is 3.13. The molecule has 0 bridgehead atoms. The van der Waals surface area contributed by atoms with Crippen molar-refractivity contribution in [3.8, 4) is 11.5 Å². The highest BCUT2D eigenvalue weighted by Gasteiger charge is 2.23. The fraction of sp³-hybridized carbons (Fsp3) is 0.400. The Labute approximate surface area is 82.1 Å². The average Bonchev–Trinajstić information content (AvgIpc) is 2.65.